The van der Waals surface area contributed by atoms with Gasteiger partial charge in [-0.25, -0.2) is 4.79 Å². The SMILES string of the molecule is COC(=O)c1ccccc1CNC1CCC(C)CC1C. The third kappa shape index (κ3) is 3.60. The van der Waals surface area contributed by atoms with Gasteiger partial charge < -0.3 is 10.1 Å². The first-order valence-electron chi connectivity index (χ1n) is 7.51. The minimum Gasteiger partial charge on any atom is -0.465 e. The number of ether oxygens (including phenoxy) is 1. The van der Waals surface area contributed by atoms with Gasteiger partial charge in [0.25, 0.3) is 0 Å². The van der Waals surface area contributed by atoms with Gasteiger partial charge in [-0.15, -0.1) is 0 Å². The second kappa shape index (κ2) is 6.89. The highest BCUT2D eigenvalue weighted by Crippen LogP contribution is 2.28. The Bertz CT molecular complexity index is 458. The number of methoxy groups -OCH3 is 1. The molecule has 0 spiro atoms. The average Bonchev–Trinajstić information content (AvgIpc) is 2.46. The molecule has 0 bridgehead atoms. The van der Waals surface area contributed by atoms with Gasteiger partial charge >= 0.3 is 5.97 Å². The van der Waals surface area contributed by atoms with Gasteiger partial charge in [-0.2, -0.15) is 0 Å². The van der Waals surface area contributed by atoms with Crippen LogP contribution >= 0.6 is 0 Å². The van der Waals surface area contributed by atoms with E-state index in [-0.39, 0.29) is 5.97 Å². The molecule has 1 aromatic rings. The predicted octanol–water partition coefficient (Wildman–Crippen LogP) is 3.39. The van der Waals surface area contributed by atoms with Crippen LogP contribution in [0.5, 0.6) is 0 Å². The van der Waals surface area contributed by atoms with Gasteiger partial charge in [0, 0.05) is 12.6 Å². The highest BCUT2D eigenvalue weighted by atomic mass is 16.5. The maximum atomic E-state index is 11.7. The number of rotatable bonds is 4. The van der Waals surface area contributed by atoms with Crippen molar-refractivity contribution in [1.82, 2.24) is 5.32 Å². The van der Waals surface area contributed by atoms with Crippen LogP contribution in [0, 0.1) is 11.8 Å². The number of carbonyl (C=O) groups is 1. The summed E-state index contributed by atoms with van der Waals surface area (Å²) in [5.41, 5.74) is 1.68. The molecule has 0 aromatic heterocycles. The lowest BCUT2D eigenvalue weighted by molar-refractivity contribution is 0.0599. The lowest BCUT2D eigenvalue weighted by Crippen LogP contribution is -2.38. The summed E-state index contributed by atoms with van der Waals surface area (Å²) in [5, 5.41) is 3.62. The molecule has 3 unspecified atom stereocenters. The Morgan fingerprint density at radius 3 is 2.75 bits per heavy atom. The molecule has 3 nitrogen and oxygen atoms in total. The van der Waals surface area contributed by atoms with Crippen LogP contribution < -0.4 is 5.32 Å². The summed E-state index contributed by atoms with van der Waals surface area (Å²) < 4.78 is 4.84. The maximum Gasteiger partial charge on any atom is 0.338 e. The van der Waals surface area contributed by atoms with Gasteiger partial charge in [-0.1, -0.05) is 32.0 Å². The van der Waals surface area contributed by atoms with E-state index in [0.29, 0.717) is 17.5 Å². The number of hydrogen-bond acceptors (Lipinski definition) is 3. The van der Waals surface area contributed by atoms with Crippen molar-refractivity contribution in [3.63, 3.8) is 0 Å². The summed E-state index contributed by atoms with van der Waals surface area (Å²) in [7, 11) is 1.43. The van der Waals surface area contributed by atoms with Crippen LogP contribution in [0.15, 0.2) is 24.3 Å². The topological polar surface area (TPSA) is 38.3 Å². The molecule has 0 amide bonds. The molecule has 1 N–H and O–H groups in total. The second-order valence-corrected chi connectivity index (χ2v) is 6.03. The molecule has 1 aliphatic rings. The minimum absolute atomic E-state index is 0.257. The van der Waals surface area contributed by atoms with Gasteiger partial charge in [0.1, 0.15) is 0 Å². The lowest BCUT2D eigenvalue weighted by atomic mass is 9.80. The molecule has 0 radical (unpaired) electrons. The Balaban J connectivity index is 1.99. The fourth-order valence-corrected chi connectivity index (χ4v) is 3.19. The van der Waals surface area contributed by atoms with Crippen LogP contribution in [0.3, 0.4) is 0 Å². The van der Waals surface area contributed by atoms with E-state index in [1.54, 1.807) is 0 Å². The number of hydrogen-bond donors (Lipinski definition) is 1. The number of nitrogens with one attached hydrogen (secondary N) is 1. The predicted molar refractivity (Wildman–Crippen MR) is 80.6 cm³/mol. The Hall–Kier alpha value is -1.35. The van der Waals surface area contributed by atoms with E-state index in [0.717, 1.165) is 18.0 Å². The molecule has 0 saturated heterocycles. The molecule has 3 atom stereocenters. The van der Waals surface area contributed by atoms with Crippen LogP contribution in [0.25, 0.3) is 0 Å². The Morgan fingerprint density at radius 2 is 2.05 bits per heavy atom. The molecule has 3 heteroatoms. The zero-order chi connectivity index (χ0) is 14.5. The minimum atomic E-state index is -0.257. The molecule has 1 saturated carbocycles. The van der Waals surface area contributed by atoms with Crippen LogP contribution in [-0.4, -0.2) is 19.1 Å². The third-order valence-electron chi connectivity index (χ3n) is 4.41. The molecule has 0 aliphatic heterocycles. The fourth-order valence-electron chi connectivity index (χ4n) is 3.19. The Labute approximate surface area is 121 Å². The van der Waals surface area contributed by atoms with E-state index < -0.39 is 0 Å². The monoisotopic (exact) mass is 275 g/mol. The lowest BCUT2D eigenvalue weighted by Gasteiger charge is -2.33. The molecule has 1 fully saturated rings. The zero-order valence-electron chi connectivity index (χ0n) is 12.7. The van der Waals surface area contributed by atoms with Crippen molar-refractivity contribution in [2.75, 3.05) is 7.11 Å². The first-order chi connectivity index (χ1) is 9.61. The van der Waals surface area contributed by atoms with Crippen molar-refractivity contribution >= 4 is 5.97 Å². The number of benzene rings is 1. The third-order valence-corrected chi connectivity index (χ3v) is 4.41. The van der Waals surface area contributed by atoms with Crippen molar-refractivity contribution in [3.05, 3.63) is 35.4 Å². The summed E-state index contributed by atoms with van der Waals surface area (Å²) >= 11 is 0. The molecule has 110 valence electrons. The summed E-state index contributed by atoms with van der Waals surface area (Å²) in [6, 6.07) is 8.22. The maximum absolute atomic E-state index is 11.7. The largest absolute Gasteiger partial charge is 0.465 e. The van der Waals surface area contributed by atoms with Gasteiger partial charge in [0.05, 0.1) is 12.7 Å². The zero-order valence-corrected chi connectivity index (χ0v) is 12.7. The van der Waals surface area contributed by atoms with Crippen LogP contribution in [0.1, 0.15) is 49.0 Å². The van der Waals surface area contributed by atoms with Gasteiger partial charge in [-0.3, -0.25) is 0 Å². The molecule has 1 aliphatic carbocycles. The molecular weight excluding hydrogens is 250 g/mol. The van der Waals surface area contributed by atoms with E-state index >= 15 is 0 Å². The van der Waals surface area contributed by atoms with Crippen molar-refractivity contribution in [2.45, 2.75) is 45.7 Å². The molecule has 0 heterocycles. The van der Waals surface area contributed by atoms with E-state index in [1.807, 2.05) is 24.3 Å². The van der Waals surface area contributed by atoms with Crippen LogP contribution in [-0.2, 0) is 11.3 Å². The van der Waals surface area contributed by atoms with E-state index in [1.165, 1.54) is 26.4 Å². The Morgan fingerprint density at radius 1 is 1.30 bits per heavy atom. The van der Waals surface area contributed by atoms with Crippen molar-refractivity contribution in [3.8, 4) is 0 Å². The standard InChI is InChI=1S/C17H25NO2/c1-12-8-9-16(13(2)10-12)18-11-14-6-4-5-7-15(14)17(19)20-3/h4-7,12-13,16,18H,8-11H2,1-3H3. The first-order valence-corrected chi connectivity index (χ1v) is 7.51. The summed E-state index contributed by atoms with van der Waals surface area (Å²) in [5.74, 6) is 1.28. The van der Waals surface area contributed by atoms with Gasteiger partial charge in [0.15, 0.2) is 0 Å². The van der Waals surface area contributed by atoms with Gasteiger partial charge in [-0.05, 0) is 42.7 Å². The average molecular weight is 275 g/mol. The first kappa shape index (κ1) is 15.0. The quantitative estimate of drug-likeness (QED) is 0.856. The fraction of sp³-hybridized carbons (Fsp3) is 0.588. The molecule has 2 rings (SSSR count). The van der Waals surface area contributed by atoms with Crippen molar-refractivity contribution < 1.29 is 9.53 Å². The molecule has 20 heavy (non-hydrogen) atoms. The second-order valence-electron chi connectivity index (χ2n) is 6.03. The molecule has 1 aromatic carbocycles. The van der Waals surface area contributed by atoms with E-state index in [2.05, 4.69) is 19.2 Å². The van der Waals surface area contributed by atoms with E-state index in [4.69, 9.17) is 4.74 Å². The normalized spacial score (nSPS) is 26.2. The summed E-state index contributed by atoms with van der Waals surface area (Å²) in [6.07, 6.45) is 3.81. The highest BCUT2D eigenvalue weighted by molar-refractivity contribution is 5.90. The van der Waals surface area contributed by atoms with Gasteiger partial charge in [0.2, 0.25) is 0 Å². The Kier molecular flexibility index (Phi) is 5.18. The number of carbonyl (C=O) groups excluding carboxylic acids is 1. The molecular formula is C17H25NO2. The summed E-state index contributed by atoms with van der Waals surface area (Å²) in [4.78, 5) is 11.7. The number of esters is 1. The van der Waals surface area contributed by atoms with Crippen LogP contribution in [0.2, 0.25) is 0 Å². The van der Waals surface area contributed by atoms with E-state index in [9.17, 15) is 4.79 Å². The van der Waals surface area contributed by atoms with Crippen molar-refractivity contribution in [2.24, 2.45) is 11.8 Å². The highest BCUT2D eigenvalue weighted by Gasteiger charge is 2.25. The smallest absolute Gasteiger partial charge is 0.338 e. The van der Waals surface area contributed by atoms with Crippen LogP contribution in [0.4, 0.5) is 0 Å². The van der Waals surface area contributed by atoms with Crippen molar-refractivity contribution in [1.29, 1.82) is 0 Å². The summed E-state index contributed by atoms with van der Waals surface area (Å²) in [6.45, 7) is 5.38.